The number of halogens is 1. The minimum atomic E-state index is -0.557. The Balaban J connectivity index is 1.86. The summed E-state index contributed by atoms with van der Waals surface area (Å²) in [6, 6.07) is 1.20. The summed E-state index contributed by atoms with van der Waals surface area (Å²) in [5, 5.41) is 6.93. The molecule has 1 saturated heterocycles. The van der Waals surface area contributed by atoms with Crippen LogP contribution in [-0.4, -0.2) is 58.6 Å². The number of anilines is 1. The predicted molar refractivity (Wildman–Crippen MR) is 114 cm³/mol. The molecule has 2 amide bonds. The van der Waals surface area contributed by atoms with Gasteiger partial charge in [0.1, 0.15) is 24.6 Å². The molecule has 168 valence electrons. The van der Waals surface area contributed by atoms with Crippen LogP contribution in [0.3, 0.4) is 0 Å². The number of allylic oxidation sites excluding steroid dienone is 1. The molecule has 4 heterocycles. The van der Waals surface area contributed by atoms with Gasteiger partial charge in [0.25, 0.3) is 5.91 Å². The number of nitrogens with one attached hydrogen (secondary N) is 1. The van der Waals surface area contributed by atoms with E-state index in [2.05, 4.69) is 20.4 Å². The molecule has 1 N–H and O–H groups in total. The van der Waals surface area contributed by atoms with E-state index >= 15 is 0 Å². The average Bonchev–Trinajstić information content (AvgIpc) is 3.38. The van der Waals surface area contributed by atoms with Crippen molar-refractivity contribution in [3.8, 4) is 0 Å². The van der Waals surface area contributed by atoms with E-state index in [0.29, 0.717) is 29.3 Å². The maximum absolute atomic E-state index is 12.9. The Bertz CT molecular complexity index is 1120. The average molecular weight is 442 g/mol. The van der Waals surface area contributed by atoms with Crippen LogP contribution in [0.25, 0.3) is 5.65 Å². The molecule has 0 aliphatic carbocycles. The zero-order chi connectivity index (χ0) is 22.7. The fourth-order valence-corrected chi connectivity index (χ4v) is 3.83. The summed E-state index contributed by atoms with van der Waals surface area (Å²) in [6.45, 7) is 4.13. The molecule has 0 aromatic carbocycles. The smallest absolute Gasteiger partial charge is 0.415 e. The molecule has 2 aromatic rings. The van der Waals surface area contributed by atoms with Gasteiger partial charge in [0.15, 0.2) is 5.65 Å². The Morgan fingerprint density at radius 3 is 3.00 bits per heavy atom. The standard InChI is InChI=1S/C21H23FN6O4/c1-3-23-20-14(5-4-7-22)13(2)16-12-32-21(30)28(16)17-6-9-27-18(26-17)15(11-25-27)19(29)24-8-10-31-20/h3-4,6-7,9,11,13,16H,5,8,10,12H2,1-2H3,(H,24,29)/b7-4+,20-14-,23-3-. The van der Waals surface area contributed by atoms with Crippen LogP contribution in [-0.2, 0) is 9.47 Å². The highest BCUT2D eigenvalue weighted by Gasteiger charge is 2.40. The van der Waals surface area contributed by atoms with Gasteiger partial charge in [0.2, 0.25) is 5.88 Å². The van der Waals surface area contributed by atoms with Crippen molar-refractivity contribution >= 4 is 29.7 Å². The molecule has 1 fully saturated rings. The molecule has 0 spiro atoms. The maximum atomic E-state index is 12.9. The predicted octanol–water partition coefficient (Wildman–Crippen LogP) is 2.63. The summed E-state index contributed by atoms with van der Waals surface area (Å²) < 4.78 is 25.6. The van der Waals surface area contributed by atoms with Gasteiger partial charge in [0, 0.05) is 23.9 Å². The molecule has 4 rings (SSSR count). The van der Waals surface area contributed by atoms with Gasteiger partial charge in [-0.05, 0) is 19.4 Å². The quantitative estimate of drug-likeness (QED) is 0.732. The third-order valence-corrected chi connectivity index (χ3v) is 5.45. The summed E-state index contributed by atoms with van der Waals surface area (Å²) >= 11 is 0. The summed E-state index contributed by atoms with van der Waals surface area (Å²) in [5.74, 6) is -0.0238. The molecule has 10 nitrogen and oxygen atoms in total. The molecule has 0 radical (unpaired) electrons. The summed E-state index contributed by atoms with van der Waals surface area (Å²) in [4.78, 5) is 35.6. The van der Waals surface area contributed by atoms with Crippen LogP contribution in [0.2, 0.25) is 0 Å². The van der Waals surface area contributed by atoms with E-state index in [1.165, 1.54) is 21.7 Å². The van der Waals surface area contributed by atoms with Gasteiger partial charge in [-0.1, -0.05) is 13.0 Å². The minimum Gasteiger partial charge on any atom is -0.476 e. The number of ether oxygens (including phenoxy) is 2. The van der Waals surface area contributed by atoms with Crippen LogP contribution in [0.15, 0.2) is 47.3 Å². The SMILES string of the molecule is C/C=N\C1=C(/C/C=C/F)C(C)C2COC(=O)N2c2ccn3ncc(c3n2)C(=O)NCCO1. The Hall–Kier alpha value is -3.76. The first-order valence-electron chi connectivity index (χ1n) is 10.2. The van der Waals surface area contributed by atoms with E-state index in [1.807, 2.05) is 6.92 Å². The second-order valence-electron chi connectivity index (χ2n) is 7.30. The Labute approximate surface area is 183 Å². The van der Waals surface area contributed by atoms with E-state index in [0.717, 1.165) is 0 Å². The number of cyclic esters (lactones) is 1. The first-order valence-corrected chi connectivity index (χ1v) is 10.2. The van der Waals surface area contributed by atoms with E-state index in [9.17, 15) is 14.0 Å². The Kier molecular flexibility index (Phi) is 6.15. The Morgan fingerprint density at radius 2 is 2.22 bits per heavy atom. The summed E-state index contributed by atoms with van der Waals surface area (Å²) in [7, 11) is 0. The van der Waals surface area contributed by atoms with E-state index in [4.69, 9.17) is 9.47 Å². The molecule has 2 unspecified atom stereocenters. The molecule has 2 aliphatic heterocycles. The number of aromatic nitrogens is 3. The third-order valence-electron chi connectivity index (χ3n) is 5.45. The topological polar surface area (TPSA) is 110 Å². The van der Waals surface area contributed by atoms with E-state index in [1.54, 1.807) is 25.4 Å². The zero-order valence-electron chi connectivity index (χ0n) is 17.7. The van der Waals surface area contributed by atoms with Gasteiger partial charge in [-0.2, -0.15) is 5.10 Å². The molecular weight excluding hydrogens is 419 g/mol. The van der Waals surface area contributed by atoms with Crippen molar-refractivity contribution in [2.75, 3.05) is 24.7 Å². The van der Waals surface area contributed by atoms with Crippen LogP contribution < -0.4 is 10.2 Å². The van der Waals surface area contributed by atoms with Crippen LogP contribution in [0.5, 0.6) is 0 Å². The molecule has 0 saturated carbocycles. The van der Waals surface area contributed by atoms with E-state index < -0.39 is 12.1 Å². The van der Waals surface area contributed by atoms with Crippen LogP contribution >= 0.6 is 0 Å². The number of carbonyl (C=O) groups excluding carboxylic acids is 2. The minimum absolute atomic E-state index is 0.116. The van der Waals surface area contributed by atoms with Crippen molar-refractivity contribution in [1.29, 1.82) is 0 Å². The summed E-state index contributed by atoms with van der Waals surface area (Å²) in [5.41, 5.74) is 1.29. The number of rotatable bonds is 3. The number of amides is 2. The second-order valence-corrected chi connectivity index (χ2v) is 7.30. The lowest BCUT2D eigenvalue weighted by molar-refractivity contribution is 0.0939. The first kappa shape index (κ1) is 21.5. The molecule has 2 atom stereocenters. The largest absolute Gasteiger partial charge is 0.476 e. The van der Waals surface area contributed by atoms with Crippen molar-refractivity contribution in [3.05, 3.63) is 47.9 Å². The van der Waals surface area contributed by atoms with E-state index in [-0.39, 0.29) is 43.6 Å². The monoisotopic (exact) mass is 442 g/mol. The van der Waals surface area contributed by atoms with Crippen LogP contribution in [0.1, 0.15) is 30.6 Å². The summed E-state index contributed by atoms with van der Waals surface area (Å²) in [6.07, 6.45) is 6.12. The highest BCUT2D eigenvalue weighted by Crippen LogP contribution is 2.33. The van der Waals surface area contributed by atoms with Crippen molar-refractivity contribution in [3.63, 3.8) is 0 Å². The number of aliphatic imine (C=N–C) groups is 1. The van der Waals surface area contributed by atoms with Gasteiger partial charge < -0.3 is 14.8 Å². The number of fused-ring (bicyclic) bond motifs is 3. The van der Waals surface area contributed by atoms with Crippen molar-refractivity contribution in [2.24, 2.45) is 10.9 Å². The molecule has 11 heteroatoms. The number of hydrogen-bond donors (Lipinski definition) is 1. The Morgan fingerprint density at radius 1 is 1.38 bits per heavy atom. The normalized spacial score (nSPS) is 24.7. The van der Waals surface area contributed by atoms with Gasteiger partial charge in [-0.25, -0.2) is 23.7 Å². The third kappa shape index (κ3) is 3.93. The first-order chi connectivity index (χ1) is 15.5. The van der Waals surface area contributed by atoms with Gasteiger partial charge in [-0.3, -0.25) is 9.69 Å². The fraction of sp³-hybridized carbons (Fsp3) is 0.381. The van der Waals surface area contributed by atoms with Gasteiger partial charge >= 0.3 is 6.09 Å². The fourth-order valence-electron chi connectivity index (χ4n) is 3.83. The number of nitrogens with zero attached hydrogens (tertiary/aromatic N) is 5. The molecular formula is C21H23FN6O4. The second kappa shape index (κ2) is 9.16. The molecule has 2 bridgehead atoms. The number of carbonyl (C=O) groups is 2. The zero-order valence-corrected chi connectivity index (χ0v) is 17.7. The highest BCUT2D eigenvalue weighted by atomic mass is 19.1. The molecule has 32 heavy (non-hydrogen) atoms. The lowest BCUT2D eigenvalue weighted by Gasteiger charge is -2.28. The van der Waals surface area contributed by atoms with Gasteiger partial charge in [-0.15, -0.1) is 0 Å². The van der Waals surface area contributed by atoms with Crippen molar-refractivity contribution in [2.45, 2.75) is 26.3 Å². The molecule has 2 aliphatic rings. The molecule has 2 aromatic heterocycles. The maximum Gasteiger partial charge on any atom is 0.415 e. The van der Waals surface area contributed by atoms with Crippen LogP contribution in [0, 0.1) is 5.92 Å². The number of hydrogen-bond acceptors (Lipinski definition) is 7. The van der Waals surface area contributed by atoms with Crippen LogP contribution in [0.4, 0.5) is 15.0 Å². The lowest BCUT2D eigenvalue weighted by Crippen LogP contribution is -2.40. The lowest BCUT2D eigenvalue weighted by atomic mass is 9.90. The van der Waals surface area contributed by atoms with Gasteiger partial charge in [0.05, 0.1) is 25.1 Å². The highest BCUT2D eigenvalue weighted by molar-refractivity contribution is 6.00. The van der Waals surface area contributed by atoms with Crippen molar-refractivity contribution < 1.29 is 23.5 Å². The van der Waals surface area contributed by atoms with Crippen molar-refractivity contribution in [1.82, 2.24) is 19.9 Å².